The monoisotopic (exact) mass is 117 g/mol. The molecule has 1 N–H and O–H groups in total. The molecule has 1 atom stereocenters. The first-order valence-electron chi connectivity index (χ1n) is 3.02. The minimum atomic E-state index is 0.217. The zero-order chi connectivity index (χ0) is 5.70. The van der Waals surface area contributed by atoms with Crippen LogP contribution in [0.3, 0.4) is 0 Å². The lowest BCUT2D eigenvalue weighted by Crippen LogP contribution is -2.28. The van der Waals surface area contributed by atoms with Crippen LogP contribution >= 0.6 is 0 Å². The molecule has 0 saturated carbocycles. The maximum atomic E-state index is 3.26. The summed E-state index contributed by atoms with van der Waals surface area (Å²) in [5.41, 5.74) is 0.875. The summed E-state index contributed by atoms with van der Waals surface area (Å²) >= 11 is 0. The van der Waals surface area contributed by atoms with E-state index in [1.165, 1.54) is 6.42 Å². The van der Waals surface area contributed by atoms with Gasteiger partial charge in [0.1, 0.15) is 0 Å². The lowest BCUT2D eigenvalue weighted by Gasteiger charge is -2.07. The Morgan fingerprint density at radius 2 is 2.29 bits per heavy atom. The molecule has 2 heteroatoms. The Hall–Kier alpha value is 0.177. The molecule has 44 valence electrons. The van der Waals surface area contributed by atoms with Crippen molar-refractivity contribution in [3.8, 4) is 0 Å². The third-order valence-electron chi connectivity index (χ3n) is 1.39. The van der Waals surface area contributed by atoms with Gasteiger partial charge >= 0.3 is 0 Å². The van der Waals surface area contributed by atoms with Crippen molar-refractivity contribution in [3.63, 3.8) is 0 Å². The molecule has 0 saturated heterocycles. The van der Waals surface area contributed by atoms with Crippen molar-refractivity contribution in [1.29, 1.82) is 0 Å². The molecule has 7 heavy (non-hydrogen) atoms. The number of hydrogen-bond donors (Lipinski definition) is 1. The number of rotatable bonds is 3. The molecule has 0 bridgehead atoms. The third kappa shape index (κ3) is 2.82. The molecular formula is C5H15NSi. The van der Waals surface area contributed by atoms with Gasteiger partial charge < -0.3 is 5.32 Å². The predicted molar refractivity (Wildman–Crippen MR) is 37.5 cm³/mol. The summed E-state index contributed by atoms with van der Waals surface area (Å²) in [5.74, 6) is 0. The van der Waals surface area contributed by atoms with Crippen molar-refractivity contribution >= 4 is 9.52 Å². The van der Waals surface area contributed by atoms with Gasteiger partial charge in [-0.25, -0.2) is 0 Å². The Kier molecular flexibility index (Phi) is 4.45. The van der Waals surface area contributed by atoms with Gasteiger partial charge in [0, 0.05) is 9.52 Å². The molecule has 0 aliphatic rings. The van der Waals surface area contributed by atoms with Crippen LogP contribution in [0.25, 0.3) is 0 Å². The Bertz CT molecular complexity index is 29.6. The molecule has 0 aromatic heterocycles. The minimum absolute atomic E-state index is 0.217. The first kappa shape index (κ1) is 7.18. The van der Waals surface area contributed by atoms with E-state index >= 15 is 0 Å². The van der Waals surface area contributed by atoms with Crippen LogP contribution < -0.4 is 5.32 Å². The van der Waals surface area contributed by atoms with Gasteiger partial charge in [-0.2, -0.15) is 0 Å². The summed E-state index contributed by atoms with van der Waals surface area (Å²) in [6.45, 7) is 4.57. The molecule has 0 aromatic rings. The van der Waals surface area contributed by atoms with Gasteiger partial charge in [0.25, 0.3) is 0 Å². The fourth-order valence-electron chi connectivity index (χ4n) is 0.697. The van der Waals surface area contributed by atoms with Crippen LogP contribution in [0.1, 0.15) is 13.3 Å². The van der Waals surface area contributed by atoms with Gasteiger partial charge in [-0.3, -0.25) is 0 Å². The van der Waals surface area contributed by atoms with Crippen LogP contribution in [0.15, 0.2) is 0 Å². The Morgan fingerprint density at radius 1 is 1.71 bits per heavy atom. The van der Waals surface area contributed by atoms with Crippen molar-refractivity contribution in [3.05, 3.63) is 0 Å². The summed E-state index contributed by atoms with van der Waals surface area (Å²) < 4.78 is 0. The average Bonchev–Trinajstić information content (AvgIpc) is 1.72. The first-order valence-corrected chi connectivity index (χ1v) is 5.25. The summed E-state index contributed by atoms with van der Waals surface area (Å²) in [6.07, 6.45) is 1.30. The van der Waals surface area contributed by atoms with Gasteiger partial charge in [0.05, 0.1) is 0 Å². The van der Waals surface area contributed by atoms with E-state index in [2.05, 4.69) is 18.8 Å². The van der Waals surface area contributed by atoms with Crippen LogP contribution in [0.5, 0.6) is 0 Å². The SMILES string of the molecule is CCC(NC)[SiH2]C. The molecule has 1 unspecified atom stereocenters. The quantitative estimate of drug-likeness (QED) is 0.519. The minimum Gasteiger partial charge on any atom is -0.320 e. The fraction of sp³-hybridized carbons (Fsp3) is 1.00. The standard InChI is InChI=1S/C5H15NSi/c1-4-5(6-2)7-3/h5-6H,4,7H2,1-3H3. The maximum absolute atomic E-state index is 3.26. The molecule has 0 heterocycles. The van der Waals surface area contributed by atoms with Crippen LogP contribution in [0.4, 0.5) is 0 Å². The molecular weight excluding hydrogens is 102 g/mol. The van der Waals surface area contributed by atoms with Gasteiger partial charge in [0.2, 0.25) is 0 Å². The maximum Gasteiger partial charge on any atom is 0.0373 e. The first-order chi connectivity index (χ1) is 3.35. The van der Waals surface area contributed by atoms with Crippen molar-refractivity contribution in [2.75, 3.05) is 7.05 Å². The zero-order valence-corrected chi connectivity index (χ0v) is 6.91. The van der Waals surface area contributed by atoms with Crippen LogP contribution in [0, 0.1) is 0 Å². The van der Waals surface area contributed by atoms with Crippen LogP contribution in [0.2, 0.25) is 6.55 Å². The molecule has 0 aliphatic carbocycles. The Balaban J connectivity index is 2.99. The van der Waals surface area contributed by atoms with Crippen molar-refractivity contribution < 1.29 is 0 Å². The van der Waals surface area contributed by atoms with Gasteiger partial charge in [-0.05, 0) is 19.1 Å². The van der Waals surface area contributed by atoms with E-state index < -0.39 is 0 Å². The molecule has 0 rings (SSSR count). The van der Waals surface area contributed by atoms with Crippen LogP contribution in [-0.2, 0) is 0 Å². The van der Waals surface area contributed by atoms with E-state index in [1.807, 2.05) is 7.05 Å². The highest BCUT2D eigenvalue weighted by atomic mass is 28.2. The number of hydrogen-bond acceptors (Lipinski definition) is 1. The van der Waals surface area contributed by atoms with E-state index in [-0.39, 0.29) is 9.52 Å². The van der Waals surface area contributed by atoms with E-state index in [1.54, 1.807) is 0 Å². The summed E-state index contributed by atoms with van der Waals surface area (Å²) in [5, 5.41) is 3.26. The van der Waals surface area contributed by atoms with E-state index in [9.17, 15) is 0 Å². The van der Waals surface area contributed by atoms with Crippen LogP contribution in [-0.4, -0.2) is 22.2 Å². The van der Waals surface area contributed by atoms with Crippen molar-refractivity contribution in [1.82, 2.24) is 5.32 Å². The highest BCUT2D eigenvalue weighted by Gasteiger charge is 1.95. The lowest BCUT2D eigenvalue weighted by molar-refractivity contribution is 0.700. The van der Waals surface area contributed by atoms with E-state index in [4.69, 9.17) is 0 Å². The van der Waals surface area contributed by atoms with Crippen molar-refractivity contribution in [2.24, 2.45) is 0 Å². The lowest BCUT2D eigenvalue weighted by atomic mass is 10.5. The molecule has 0 radical (unpaired) electrons. The summed E-state index contributed by atoms with van der Waals surface area (Å²) in [4.78, 5) is 0. The molecule has 0 fully saturated rings. The second-order valence-electron chi connectivity index (χ2n) is 1.80. The average molecular weight is 117 g/mol. The Labute approximate surface area is 48.3 Å². The van der Waals surface area contributed by atoms with Gasteiger partial charge in [-0.15, -0.1) is 0 Å². The third-order valence-corrected chi connectivity index (χ3v) is 3.37. The molecule has 0 aromatic carbocycles. The highest BCUT2D eigenvalue weighted by molar-refractivity contribution is 6.35. The predicted octanol–water partition coefficient (Wildman–Crippen LogP) is 0.159. The second-order valence-corrected chi connectivity index (χ2v) is 3.60. The smallest absolute Gasteiger partial charge is 0.0373 e. The van der Waals surface area contributed by atoms with Crippen molar-refractivity contribution in [2.45, 2.75) is 25.6 Å². The van der Waals surface area contributed by atoms with E-state index in [0.717, 1.165) is 5.67 Å². The van der Waals surface area contributed by atoms with Gasteiger partial charge in [0.15, 0.2) is 0 Å². The zero-order valence-electron chi connectivity index (χ0n) is 5.49. The Morgan fingerprint density at radius 3 is 2.29 bits per heavy atom. The number of nitrogens with one attached hydrogen (secondary N) is 1. The van der Waals surface area contributed by atoms with Gasteiger partial charge in [-0.1, -0.05) is 13.5 Å². The largest absolute Gasteiger partial charge is 0.320 e. The molecule has 0 aliphatic heterocycles. The molecule has 1 nitrogen and oxygen atoms in total. The molecule has 0 spiro atoms. The summed E-state index contributed by atoms with van der Waals surface area (Å²) in [6, 6.07) is 0. The fourth-order valence-corrected chi connectivity index (χ4v) is 1.68. The molecule has 0 amide bonds. The second kappa shape index (κ2) is 4.34. The highest BCUT2D eigenvalue weighted by Crippen LogP contribution is 1.83. The summed E-state index contributed by atoms with van der Waals surface area (Å²) in [7, 11) is 2.26. The normalized spacial score (nSPS) is 15.9. The topological polar surface area (TPSA) is 12.0 Å². The van der Waals surface area contributed by atoms with E-state index in [0.29, 0.717) is 0 Å².